The van der Waals surface area contributed by atoms with Crippen LogP contribution in [0.3, 0.4) is 0 Å². The van der Waals surface area contributed by atoms with Crippen molar-refractivity contribution in [3.63, 3.8) is 0 Å². The molecule has 0 amide bonds. The van der Waals surface area contributed by atoms with Crippen molar-refractivity contribution in [1.29, 1.82) is 0 Å². The van der Waals surface area contributed by atoms with Crippen LogP contribution in [-0.4, -0.2) is 38.5 Å². The van der Waals surface area contributed by atoms with Crippen LogP contribution >= 0.6 is 11.6 Å². The molecule has 2 N–H and O–H groups in total. The molecule has 1 fully saturated rings. The van der Waals surface area contributed by atoms with E-state index in [-0.39, 0.29) is 22.6 Å². The molecule has 1 aromatic rings. The molecule has 0 radical (unpaired) electrons. The molecular formula is C14H21ClN2O3S. The molecule has 1 saturated heterocycles. The number of halogens is 1. The second-order valence-electron chi connectivity index (χ2n) is 5.03. The number of ether oxygens (including phenoxy) is 1. The van der Waals surface area contributed by atoms with Crippen molar-refractivity contribution in [1.82, 2.24) is 4.31 Å². The van der Waals surface area contributed by atoms with Crippen molar-refractivity contribution < 1.29 is 13.2 Å². The van der Waals surface area contributed by atoms with Crippen molar-refractivity contribution in [2.45, 2.75) is 37.3 Å². The Hall–Kier alpha value is -0.660. The zero-order valence-corrected chi connectivity index (χ0v) is 13.7. The summed E-state index contributed by atoms with van der Waals surface area (Å²) in [5.74, 6) is 0. The van der Waals surface area contributed by atoms with Gasteiger partial charge in [-0.3, -0.25) is 0 Å². The van der Waals surface area contributed by atoms with Crippen LogP contribution < -0.4 is 5.73 Å². The first kappa shape index (κ1) is 16.7. The van der Waals surface area contributed by atoms with E-state index in [1.807, 2.05) is 6.92 Å². The van der Waals surface area contributed by atoms with Crippen molar-refractivity contribution >= 4 is 21.6 Å². The molecule has 1 aliphatic rings. The number of benzene rings is 1. The third-order valence-electron chi connectivity index (χ3n) is 3.65. The van der Waals surface area contributed by atoms with Crippen LogP contribution in [0.5, 0.6) is 0 Å². The van der Waals surface area contributed by atoms with Gasteiger partial charge in [-0.15, -0.1) is 0 Å². The molecule has 0 atom stereocenters. The average Bonchev–Trinajstić information content (AvgIpc) is 2.48. The number of sulfonamides is 1. The van der Waals surface area contributed by atoms with Crippen molar-refractivity contribution in [2.24, 2.45) is 5.73 Å². The summed E-state index contributed by atoms with van der Waals surface area (Å²) in [7, 11) is -3.57. The third-order valence-corrected chi connectivity index (χ3v) is 6.03. The lowest BCUT2D eigenvalue weighted by molar-refractivity contribution is 0.0290. The Morgan fingerprint density at radius 1 is 1.38 bits per heavy atom. The van der Waals surface area contributed by atoms with E-state index in [1.54, 1.807) is 18.2 Å². The normalized spacial score (nSPS) is 18.0. The van der Waals surface area contributed by atoms with E-state index in [4.69, 9.17) is 22.1 Å². The van der Waals surface area contributed by atoms with Gasteiger partial charge in [0.25, 0.3) is 0 Å². The first-order valence-electron chi connectivity index (χ1n) is 7.09. The summed E-state index contributed by atoms with van der Waals surface area (Å²) in [5.41, 5.74) is 6.33. The molecular weight excluding hydrogens is 312 g/mol. The Bertz CT molecular complexity index is 584. The van der Waals surface area contributed by atoms with E-state index in [0.29, 0.717) is 32.5 Å². The van der Waals surface area contributed by atoms with Gasteiger partial charge in [-0.05, 0) is 37.5 Å². The number of hydrogen-bond acceptors (Lipinski definition) is 4. The maximum atomic E-state index is 12.7. The maximum absolute atomic E-state index is 12.7. The summed E-state index contributed by atoms with van der Waals surface area (Å²) in [4.78, 5) is 0.141. The monoisotopic (exact) mass is 332 g/mol. The SMILES string of the molecule is CCOC1CCN(S(=O)(=O)c2cc(CN)ccc2Cl)CC1. The zero-order chi connectivity index (χ0) is 15.5. The zero-order valence-electron chi connectivity index (χ0n) is 12.1. The quantitative estimate of drug-likeness (QED) is 0.895. The molecule has 1 aromatic carbocycles. The summed E-state index contributed by atoms with van der Waals surface area (Å²) in [6.45, 7) is 3.79. The minimum absolute atomic E-state index is 0.141. The van der Waals surface area contributed by atoms with Gasteiger partial charge in [0.2, 0.25) is 10.0 Å². The second kappa shape index (κ2) is 7.07. The van der Waals surface area contributed by atoms with Gasteiger partial charge in [-0.1, -0.05) is 17.7 Å². The van der Waals surface area contributed by atoms with Crippen LogP contribution in [0.15, 0.2) is 23.1 Å². The molecule has 1 heterocycles. The van der Waals surface area contributed by atoms with Crippen LogP contribution in [0.25, 0.3) is 0 Å². The topological polar surface area (TPSA) is 72.6 Å². The van der Waals surface area contributed by atoms with Crippen molar-refractivity contribution in [3.8, 4) is 0 Å². The predicted octanol–water partition coefficient (Wildman–Crippen LogP) is 1.99. The van der Waals surface area contributed by atoms with Gasteiger partial charge in [0.05, 0.1) is 11.1 Å². The van der Waals surface area contributed by atoms with E-state index in [9.17, 15) is 8.42 Å². The Labute approximate surface area is 131 Å². The number of rotatable bonds is 5. The van der Waals surface area contributed by atoms with Crippen LogP contribution in [0, 0.1) is 0 Å². The average molecular weight is 333 g/mol. The van der Waals surface area contributed by atoms with Crippen LogP contribution in [0.4, 0.5) is 0 Å². The molecule has 21 heavy (non-hydrogen) atoms. The van der Waals surface area contributed by atoms with Gasteiger partial charge in [0.1, 0.15) is 4.90 Å². The van der Waals surface area contributed by atoms with E-state index in [1.165, 1.54) is 4.31 Å². The highest BCUT2D eigenvalue weighted by Crippen LogP contribution is 2.28. The lowest BCUT2D eigenvalue weighted by Gasteiger charge is -2.31. The van der Waals surface area contributed by atoms with Gasteiger partial charge in [0, 0.05) is 26.2 Å². The van der Waals surface area contributed by atoms with Crippen molar-refractivity contribution in [3.05, 3.63) is 28.8 Å². The third kappa shape index (κ3) is 3.76. The smallest absolute Gasteiger partial charge is 0.244 e. The Balaban J connectivity index is 2.19. The first-order chi connectivity index (χ1) is 9.98. The summed E-state index contributed by atoms with van der Waals surface area (Å²) in [6.07, 6.45) is 1.56. The first-order valence-corrected chi connectivity index (χ1v) is 8.91. The van der Waals surface area contributed by atoms with E-state index < -0.39 is 10.0 Å². The molecule has 1 aliphatic heterocycles. The highest BCUT2D eigenvalue weighted by atomic mass is 35.5. The fourth-order valence-corrected chi connectivity index (χ4v) is 4.48. The van der Waals surface area contributed by atoms with Crippen LogP contribution in [0.2, 0.25) is 5.02 Å². The molecule has 0 spiro atoms. The van der Waals surface area contributed by atoms with Crippen LogP contribution in [0.1, 0.15) is 25.3 Å². The Morgan fingerprint density at radius 3 is 2.62 bits per heavy atom. The molecule has 2 rings (SSSR count). The highest BCUT2D eigenvalue weighted by molar-refractivity contribution is 7.89. The van der Waals surface area contributed by atoms with Crippen LogP contribution in [-0.2, 0) is 21.3 Å². The minimum Gasteiger partial charge on any atom is -0.378 e. The van der Waals surface area contributed by atoms with Gasteiger partial charge >= 0.3 is 0 Å². The lowest BCUT2D eigenvalue weighted by atomic mass is 10.1. The van der Waals surface area contributed by atoms with Crippen molar-refractivity contribution in [2.75, 3.05) is 19.7 Å². The number of nitrogens with zero attached hydrogens (tertiary/aromatic N) is 1. The molecule has 0 saturated carbocycles. The maximum Gasteiger partial charge on any atom is 0.244 e. The fourth-order valence-electron chi connectivity index (χ4n) is 2.49. The largest absolute Gasteiger partial charge is 0.378 e. The lowest BCUT2D eigenvalue weighted by Crippen LogP contribution is -2.41. The van der Waals surface area contributed by atoms with Gasteiger partial charge in [0.15, 0.2) is 0 Å². The predicted molar refractivity (Wildman–Crippen MR) is 82.8 cm³/mol. The molecule has 0 bridgehead atoms. The highest BCUT2D eigenvalue weighted by Gasteiger charge is 2.31. The summed E-state index contributed by atoms with van der Waals surface area (Å²) in [6, 6.07) is 4.89. The molecule has 5 nitrogen and oxygen atoms in total. The van der Waals surface area contributed by atoms with E-state index in [2.05, 4.69) is 0 Å². The minimum atomic E-state index is -3.57. The van der Waals surface area contributed by atoms with Gasteiger partial charge in [-0.25, -0.2) is 8.42 Å². The Morgan fingerprint density at radius 2 is 2.05 bits per heavy atom. The standard InChI is InChI=1S/C14H21ClN2O3S/c1-2-20-12-5-7-17(8-6-12)21(18,19)14-9-11(10-16)3-4-13(14)15/h3-4,9,12H,2,5-8,10,16H2,1H3. The molecule has 0 unspecified atom stereocenters. The fraction of sp³-hybridized carbons (Fsp3) is 0.571. The summed E-state index contributed by atoms with van der Waals surface area (Å²) < 4.78 is 32.4. The summed E-state index contributed by atoms with van der Waals surface area (Å²) >= 11 is 6.06. The molecule has 118 valence electrons. The van der Waals surface area contributed by atoms with Gasteiger partial charge in [-0.2, -0.15) is 4.31 Å². The summed E-state index contributed by atoms with van der Waals surface area (Å²) in [5, 5.41) is 0.235. The number of hydrogen-bond donors (Lipinski definition) is 1. The second-order valence-corrected chi connectivity index (χ2v) is 7.34. The Kier molecular flexibility index (Phi) is 5.62. The molecule has 0 aromatic heterocycles. The molecule has 0 aliphatic carbocycles. The van der Waals surface area contributed by atoms with E-state index >= 15 is 0 Å². The number of nitrogens with two attached hydrogens (primary N) is 1. The van der Waals surface area contributed by atoms with E-state index in [0.717, 1.165) is 5.56 Å². The molecule has 7 heteroatoms. The van der Waals surface area contributed by atoms with Gasteiger partial charge < -0.3 is 10.5 Å². The number of piperidine rings is 1.